The third-order valence-electron chi connectivity index (χ3n) is 3.11. The third-order valence-corrected chi connectivity index (χ3v) is 4.02. The number of carbonyl (C=O) groups excluding carboxylic acids is 1. The fourth-order valence-corrected chi connectivity index (χ4v) is 2.76. The van der Waals surface area contributed by atoms with Gasteiger partial charge in [0.1, 0.15) is 0 Å². The van der Waals surface area contributed by atoms with E-state index in [2.05, 4.69) is 36.2 Å². The number of nitrogens with one attached hydrogen (secondary N) is 1. The number of aromatic nitrogens is 1. The summed E-state index contributed by atoms with van der Waals surface area (Å²) in [5.41, 5.74) is 1.00. The van der Waals surface area contributed by atoms with Crippen molar-refractivity contribution in [2.45, 2.75) is 39.8 Å². The Hall–Kier alpha value is -0.980. The van der Waals surface area contributed by atoms with Gasteiger partial charge in [0.25, 0.3) is 0 Å². The quantitative estimate of drug-likeness (QED) is 0.797. The summed E-state index contributed by atoms with van der Waals surface area (Å²) in [6.07, 6.45) is 1.11. The summed E-state index contributed by atoms with van der Waals surface area (Å²) in [7, 11) is 4.17. The molecule has 0 aromatic carbocycles. The van der Waals surface area contributed by atoms with E-state index < -0.39 is 0 Å². The first-order valence-corrected chi connectivity index (χ1v) is 7.92. The molecule has 5 nitrogen and oxygen atoms in total. The Kier molecular flexibility index (Phi) is 7.12. The second kappa shape index (κ2) is 8.34. The summed E-state index contributed by atoms with van der Waals surface area (Å²) in [5, 5.41) is 6.28. The van der Waals surface area contributed by atoms with Gasteiger partial charge in [0.2, 0.25) is 5.91 Å². The smallest absolute Gasteiger partial charge is 0.225 e. The molecule has 1 aromatic rings. The van der Waals surface area contributed by atoms with Crippen LogP contribution in [0.1, 0.15) is 32.9 Å². The van der Waals surface area contributed by atoms with E-state index >= 15 is 0 Å². The van der Waals surface area contributed by atoms with E-state index in [1.54, 1.807) is 11.8 Å². The molecule has 1 heterocycles. The Morgan fingerprint density at radius 1 is 1.50 bits per heavy atom. The molecule has 1 atom stereocenters. The highest BCUT2D eigenvalue weighted by Crippen LogP contribution is 2.20. The van der Waals surface area contributed by atoms with Crippen molar-refractivity contribution in [2.24, 2.45) is 0 Å². The van der Waals surface area contributed by atoms with E-state index in [1.807, 2.05) is 12.3 Å². The first-order valence-electron chi connectivity index (χ1n) is 7.04. The van der Waals surface area contributed by atoms with Gasteiger partial charge in [0, 0.05) is 31.4 Å². The van der Waals surface area contributed by atoms with E-state index in [1.165, 1.54) is 11.3 Å². The molecule has 0 saturated carbocycles. The number of hydrogen-bond donors (Lipinski definition) is 1. The molecule has 20 heavy (non-hydrogen) atoms. The van der Waals surface area contributed by atoms with Crippen molar-refractivity contribution < 1.29 is 4.79 Å². The van der Waals surface area contributed by atoms with Crippen LogP contribution in [0.2, 0.25) is 0 Å². The Balaban J connectivity index is 2.46. The lowest BCUT2D eigenvalue weighted by Gasteiger charge is -2.16. The molecule has 0 aliphatic carbocycles. The third kappa shape index (κ3) is 5.56. The van der Waals surface area contributed by atoms with Gasteiger partial charge in [-0.1, -0.05) is 0 Å². The summed E-state index contributed by atoms with van der Waals surface area (Å²) in [4.78, 5) is 19.9. The normalized spacial score (nSPS) is 12.7. The van der Waals surface area contributed by atoms with Crippen molar-refractivity contribution in [3.05, 3.63) is 11.1 Å². The first kappa shape index (κ1) is 17.1. The lowest BCUT2D eigenvalue weighted by Crippen LogP contribution is -2.30. The minimum absolute atomic E-state index is 0.0423. The van der Waals surface area contributed by atoms with Gasteiger partial charge >= 0.3 is 0 Å². The van der Waals surface area contributed by atoms with Crippen LogP contribution >= 0.6 is 11.3 Å². The summed E-state index contributed by atoms with van der Waals surface area (Å²) in [6.45, 7) is 8.21. The average molecular weight is 298 g/mol. The molecule has 1 unspecified atom stereocenters. The van der Waals surface area contributed by atoms with Crippen LogP contribution in [0.5, 0.6) is 0 Å². The van der Waals surface area contributed by atoms with Crippen LogP contribution in [0, 0.1) is 0 Å². The van der Waals surface area contributed by atoms with E-state index in [9.17, 15) is 4.79 Å². The molecule has 6 heteroatoms. The van der Waals surface area contributed by atoms with Gasteiger partial charge in [-0.2, -0.15) is 0 Å². The zero-order chi connectivity index (χ0) is 15.1. The molecule has 1 N–H and O–H groups in total. The van der Waals surface area contributed by atoms with Crippen LogP contribution in [-0.2, 0) is 11.3 Å². The van der Waals surface area contributed by atoms with E-state index in [4.69, 9.17) is 0 Å². The molecule has 0 aliphatic rings. The van der Waals surface area contributed by atoms with Gasteiger partial charge in [-0.3, -0.25) is 9.69 Å². The minimum atomic E-state index is 0.0423. The summed E-state index contributed by atoms with van der Waals surface area (Å²) < 4.78 is 0. The van der Waals surface area contributed by atoms with Gasteiger partial charge in [0.15, 0.2) is 5.13 Å². The van der Waals surface area contributed by atoms with E-state index in [0.29, 0.717) is 12.6 Å². The van der Waals surface area contributed by atoms with Gasteiger partial charge in [-0.25, -0.2) is 4.98 Å². The zero-order valence-electron chi connectivity index (χ0n) is 13.1. The zero-order valence-corrected chi connectivity index (χ0v) is 14.0. The predicted molar refractivity (Wildman–Crippen MR) is 85.3 cm³/mol. The maximum absolute atomic E-state index is 11.5. The van der Waals surface area contributed by atoms with Crippen molar-refractivity contribution in [2.75, 3.05) is 32.1 Å². The maximum atomic E-state index is 11.5. The molecule has 1 aromatic heterocycles. The molecule has 1 amide bonds. The molecule has 0 spiro atoms. The minimum Gasteiger partial charge on any atom is -0.309 e. The summed E-state index contributed by atoms with van der Waals surface area (Å²) >= 11 is 1.53. The summed E-state index contributed by atoms with van der Waals surface area (Å²) in [6, 6.07) is 0.456. The summed E-state index contributed by atoms with van der Waals surface area (Å²) in [5.74, 6) is 0.0423. The Morgan fingerprint density at radius 2 is 2.20 bits per heavy atom. The number of hydrogen-bond acceptors (Lipinski definition) is 5. The van der Waals surface area contributed by atoms with Gasteiger partial charge in [-0.05, 0) is 40.9 Å². The van der Waals surface area contributed by atoms with Gasteiger partial charge in [0.05, 0.1) is 5.69 Å². The lowest BCUT2D eigenvalue weighted by molar-refractivity contribution is -0.116. The molecular weight excluding hydrogens is 272 g/mol. The average Bonchev–Trinajstić information content (AvgIpc) is 2.83. The van der Waals surface area contributed by atoms with Crippen LogP contribution in [0.25, 0.3) is 0 Å². The molecule has 0 saturated heterocycles. The van der Waals surface area contributed by atoms with Crippen molar-refractivity contribution in [1.29, 1.82) is 0 Å². The van der Waals surface area contributed by atoms with Crippen LogP contribution in [0.15, 0.2) is 5.38 Å². The molecule has 0 aliphatic heterocycles. The molecule has 114 valence electrons. The van der Waals surface area contributed by atoms with E-state index in [-0.39, 0.29) is 5.91 Å². The highest BCUT2D eigenvalue weighted by molar-refractivity contribution is 7.14. The van der Waals surface area contributed by atoms with Gasteiger partial charge < -0.3 is 10.2 Å². The SMILES string of the molecule is CCN(C(C)=O)c1nc(CNC(C)CCN(C)C)cs1. The van der Waals surface area contributed by atoms with Crippen LogP contribution in [0.4, 0.5) is 5.13 Å². The lowest BCUT2D eigenvalue weighted by atomic mass is 10.2. The Bertz CT molecular complexity index is 419. The predicted octanol–water partition coefficient (Wildman–Crippen LogP) is 1.95. The van der Waals surface area contributed by atoms with E-state index in [0.717, 1.165) is 30.3 Å². The Labute approximate surface area is 126 Å². The molecule has 1 rings (SSSR count). The molecule has 0 radical (unpaired) electrons. The largest absolute Gasteiger partial charge is 0.309 e. The number of anilines is 1. The van der Waals surface area contributed by atoms with Crippen molar-refractivity contribution in [1.82, 2.24) is 15.2 Å². The van der Waals surface area contributed by atoms with Crippen LogP contribution < -0.4 is 10.2 Å². The highest BCUT2D eigenvalue weighted by Gasteiger charge is 2.13. The van der Waals surface area contributed by atoms with Gasteiger partial charge in [-0.15, -0.1) is 11.3 Å². The molecule has 0 bridgehead atoms. The topological polar surface area (TPSA) is 48.5 Å². The molecule has 0 fully saturated rings. The first-order chi connectivity index (χ1) is 9.43. The fraction of sp³-hybridized carbons (Fsp3) is 0.714. The van der Waals surface area contributed by atoms with Crippen molar-refractivity contribution >= 4 is 22.4 Å². The maximum Gasteiger partial charge on any atom is 0.225 e. The Morgan fingerprint density at radius 3 is 2.75 bits per heavy atom. The second-order valence-electron chi connectivity index (χ2n) is 5.26. The second-order valence-corrected chi connectivity index (χ2v) is 6.10. The standard InChI is InChI=1S/C14H26N4OS/c1-6-18(12(3)19)14-16-13(10-20-14)9-15-11(2)7-8-17(4)5/h10-11,15H,6-9H2,1-5H3. The van der Waals surface area contributed by atoms with Crippen molar-refractivity contribution in [3.8, 4) is 0 Å². The number of carbonyl (C=O) groups is 1. The number of nitrogens with zero attached hydrogens (tertiary/aromatic N) is 3. The fourth-order valence-electron chi connectivity index (χ4n) is 1.83. The van der Waals surface area contributed by atoms with Crippen molar-refractivity contribution in [3.63, 3.8) is 0 Å². The monoisotopic (exact) mass is 298 g/mol. The number of thiazole rings is 1. The number of amides is 1. The number of rotatable bonds is 8. The van der Waals surface area contributed by atoms with Crippen LogP contribution in [-0.4, -0.2) is 49.0 Å². The van der Waals surface area contributed by atoms with Crippen LogP contribution in [0.3, 0.4) is 0 Å². The highest BCUT2D eigenvalue weighted by atomic mass is 32.1. The molecular formula is C14H26N4OS.